The number of benzene rings is 2. The van der Waals surface area contributed by atoms with Crippen molar-refractivity contribution in [3.63, 3.8) is 0 Å². The number of nitrogens with zero attached hydrogens (tertiary/aromatic N) is 3. The second-order valence-corrected chi connectivity index (χ2v) is 7.00. The molecule has 0 saturated heterocycles. The Morgan fingerprint density at radius 1 is 1.20 bits per heavy atom. The first-order chi connectivity index (χ1) is 11.9. The van der Waals surface area contributed by atoms with E-state index in [9.17, 15) is 4.79 Å². The van der Waals surface area contributed by atoms with Gasteiger partial charge in [-0.1, -0.05) is 36.4 Å². The molecule has 1 aliphatic heterocycles. The molecule has 5 heteroatoms. The molecule has 25 heavy (non-hydrogen) atoms. The van der Waals surface area contributed by atoms with E-state index in [1.165, 1.54) is 0 Å². The number of carbonyl (C=O) groups excluding carboxylic acids is 1. The maximum Gasteiger partial charge on any atom is 0.250 e. The topological polar surface area (TPSA) is 80.2 Å². The molecule has 5 nitrogen and oxygen atoms in total. The number of aryl methyl sites for hydroxylation is 1. The van der Waals surface area contributed by atoms with Crippen LogP contribution in [0, 0.1) is 6.92 Å². The number of rotatable bonds is 4. The highest BCUT2D eigenvalue weighted by molar-refractivity contribution is 6.17. The van der Waals surface area contributed by atoms with Crippen molar-refractivity contribution in [2.45, 2.75) is 38.8 Å². The Morgan fingerprint density at radius 2 is 1.96 bits per heavy atom. The Morgan fingerprint density at radius 3 is 2.68 bits per heavy atom. The highest BCUT2D eigenvalue weighted by atomic mass is 16.1. The fourth-order valence-corrected chi connectivity index (χ4v) is 3.09. The minimum Gasteiger partial charge on any atom is -0.367 e. The standard InChI is InChI=1S/C20H22N4O/c1-13-7-6-9-15(11-13)23-24-18(19(21)25)17-16-10-5-4-8-14(16)12-20(2,3)22-17/h4-11,18H,12H2,1-3H3,(H2,21,25). The van der Waals surface area contributed by atoms with Crippen LogP contribution in [0.1, 0.15) is 30.5 Å². The number of carbonyl (C=O) groups is 1. The van der Waals surface area contributed by atoms with Crippen LogP contribution in [-0.2, 0) is 11.2 Å². The molecule has 1 atom stereocenters. The smallest absolute Gasteiger partial charge is 0.250 e. The lowest BCUT2D eigenvalue weighted by Crippen LogP contribution is -2.40. The number of hydrogen-bond acceptors (Lipinski definition) is 4. The largest absolute Gasteiger partial charge is 0.367 e. The van der Waals surface area contributed by atoms with Crippen molar-refractivity contribution in [3.05, 3.63) is 65.2 Å². The van der Waals surface area contributed by atoms with E-state index >= 15 is 0 Å². The van der Waals surface area contributed by atoms with Crippen molar-refractivity contribution >= 4 is 17.3 Å². The van der Waals surface area contributed by atoms with Gasteiger partial charge in [0.2, 0.25) is 5.91 Å². The summed E-state index contributed by atoms with van der Waals surface area (Å²) in [6.45, 7) is 6.06. The Bertz CT molecular complexity index is 868. The predicted octanol–water partition coefficient (Wildman–Crippen LogP) is 3.76. The minimum absolute atomic E-state index is 0.309. The van der Waals surface area contributed by atoms with Crippen LogP contribution in [0.15, 0.2) is 63.8 Å². The summed E-state index contributed by atoms with van der Waals surface area (Å²) >= 11 is 0. The van der Waals surface area contributed by atoms with E-state index in [0.29, 0.717) is 11.4 Å². The van der Waals surface area contributed by atoms with Gasteiger partial charge in [0.15, 0.2) is 6.04 Å². The van der Waals surface area contributed by atoms with E-state index in [2.05, 4.69) is 16.3 Å². The van der Waals surface area contributed by atoms with Crippen molar-refractivity contribution in [1.82, 2.24) is 0 Å². The van der Waals surface area contributed by atoms with Gasteiger partial charge < -0.3 is 5.73 Å². The summed E-state index contributed by atoms with van der Waals surface area (Å²) in [5.74, 6) is -0.553. The van der Waals surface area contributed by atoms with Gasteiger partial charge >= 0.3 is 0 Å². The van der Waals surface area contributed by atoms with Crippen LogP contribution in [-0.4, -0.2) is 23.2 Å². The van der Waals surface area contributed by atoms with Crippen LogP contribution in [0.3, 0.4) is 0 Å². The number of nitrogens with two attached hydrogens (primary N) is 1. The molecule has 0 aliphatic carbocycles. The third-order valence-electron chi connectivity index (χ3n) is 4.16. The Kier molecular flexibility index (Phi) is 4.49. The molecule has 128 valence electrons. The molecule has 2 N–H and O–H groups in total. The predicted molar refractivity (Wildman–Crippen MR) is 99.4 cm³/mol. The van der Waals surface area contributed by atoms with Crippen LogP contribution in [0.25, 0.3) is 0 Å². The number of aliphatic imine (C=N–C) groups is 1. The quantitative estimate of drug-likeness (QED) is 0.849. The van der Waals surface area contributed by atoms with Gasteiger partial charge in [-0.3, -0.25) is 9.79 Å². The summed E-state index contributed by atoms with van der Waals surface area (Å²) in [4.78, 5) is 16.9. The fraction of sp³-hybridized carbons (Fsp3) is 0.300. The molecular formula is C20H22N4O. The summed E-state index contributed by atoms with van der Waals surface area (Å²) in [5, 5.41) is 8.47. The van der Waals surface area contributed by atoms with Crippen LogP contribution < -0.4 is 5.73 Å². The van der Waals surface area contributed by atoms with Crippen LogP contribution >= 0.6 is 0 Å². The van der Waals surface area contributed by atoms with Gasteiger partial charge in [0, 0.05) is 5.56 Å². The zero-order valence-corrected chi connectivity index (χ0v) is 14.7. The molecule has 1 heterocycles. The number of azo groups is 1. The molecule has 0 aromatic heterocycles. The maximum absolute atomic E-state index is 12.1. The molecule has 1 aliphatic rings. The van der Waals surface area contributed by atoms with E-state index in [1.807, 2.05) is 63.2 Å². The van der Waals surface area contributed by atoms with Gasteiger partial charge in [0.25, 0.3) is 0 Å². The number of amides is 1. The highest BCUT2D eigenvalue weighted by Crippen LogP contribution is 2.29. The van der Waals surface area contributed by atoms with Crippen LogP contribution in [0.5, 0.6) is 0 Å². The first-order valence-electron chi connectivity index (χ1n) is 8.30. The second kappa shape index (κ2) is 6.59. The van der Waals surface area contributed by atoms with Crippen molar-refractivity contribution in [2.75, 3.05) is 0 Å². The summed E-state index contributed by atoms with van der Waals surface area (Å²) in [6.07, 6.45) is 0.813. The zero-order chi connectivity index (χ0) is 18.0. The molecule has 2 aromatic carbocycles. The van der Waals surface area contributed by atoms with E-state index < -0.39 is 11.9 Å². The lowest BCUT2D eigenvalue weighted by Gasteiger charge is -2.30. The van der Waals surface area contributed by atoms with E-state index in [4.69, 9.17) is 10.7 Å². The highest BCUT2D eigenvalue weighted by Gasteiger charge is 2.33. The molecule has 0 radical (unpaired) electrons. The summed E-state index contributed by atoms with van der Waals surface area (Å²) < 4.78 is 0. The summed E-state index contributed by atoms with van der Waals surface area (Å²) in [7, 11) is 0. The molecule has 0 saturated carbocycles. The molecule has 0 bridgehead atoms. The lowest BCUT2D eigenvalue weighted by molar-refractivity contribution is -0.117. The first kappa shape index (κ1) is 17.0. The normalized spacial score (nSPS) is 17.0. The molecule has 3 rings (SSSR count). The summed E-state index contributed by atoms with van der Waals surface area (Å²) in [5.41, 5.74) is 9.76. The molecule has 0 fully saturated rings. The SMILES string of the molecule is Cc1cccc(N=NC(C(N)=O)C2=NC(C)(C)Cc3ccccc32)c1. The Labute approximate surface area is 147 Å². The van der Waals surface area contributed by atoms with Crippen molar-refractivity contribution in [1.29, 1.82) is 0 Å². The monoisotopic (exact) mass is 334 g/mol. The number of primary amides is 1. The van der Waals surface area contributed by atoms with Gasteiger partial charge in [-0.25, -0.2) is 0 Å². The lowest BCUT2D eigenvalue weighted by atomic mass is 9.85. The average molecular weight is 334 g/mol. The van der Waals surface area contributed by atoms with E-state index in [0.717, 1.165) is 23.1 Å². The van der Waals surface area contributed by atoms with Gasteiger partial charge in [-0.2, -0.15) is 10.2 Å². The van der Waals surface area contributed by atoms with Crippen LogP contribution in [0.2, 0.25) is 0 Å². The number of hydrogen-bond donors (Lipinski definition) is 1. The van der Waals surface area contributed by atoms with Crippen molar-refractivity contribution in [3.8, 4) is 0 Å². The molecule has 2 aromatic rings. The zero-order valence-electron chi connectivity index (χ0n) is 14.7. The van der Waals surface area contributed by atoms with Gasteiger partial charge in [-0.05, 0) is 50.5 Å². The molecular weight excluding hydrogens is 312 g/mol. The average Bonchev–Trinajstić information content (AvgIpc) is 2.53. The number of fused-ring (bicyclic) bond motifs is 1. The third kappa shape index (κ3) is 3.82. The van der Waals surface area contributed by atoms with Gasteiger partial charge in [-0.15, -0.1) is 0 Å². The van der Waals surface area contributed by atoms with E-state index in [1.54, 1.807) is 0 Å². The van der Waals surface area contributed by atoms with Gasteiger partial charge in [0.05, 0.1) is 16.9 Å². The maximum atomic E-state index is 12.1. The Balaban J connectivity index is 2.02. The van der Waals surface area contributed by atoms with Crippen LogP contribution in [0.4, 0.5) is 5.69 Å². The van der Waals surface area contributed by atoms with Crippen molar-refractivity contribution in [2.24, 2.45) is 21.0 Å². The fourth-order valence-electron chi connectivity index (χ4n) is 3.09. The van der Waals surface area contributed by atoms with Gasteiger partial charge in [0.1, 0.15) is 0 Å². The van der Waals surface area contributed by atoms with E-state index in [-0.39, 0.29) is 5.54 Å². The molecule has 0 spiro atoms. The molecule has 1 amide bonds. The molecule has 1 unspecified atom stereocenters. The van der Waals surface area contributed by atoms with Crippen molar-refractivity contribution < 1.29 is 4.79 Å². The first-order valence-corrected chi connectivity index (χ1v) is 8.30. The second-order valence-electron chi connectivity index (χ2n) is 7.00. The minimum atomic E-state index is -0.902. The summed E-state index contributed by atoms with van der Waals surface area (Å²) in [6, 6.07) is 14.7. The third-order valence-corrected chi connectivity index (χ3v) is 4.16. The Hall–Kier alpha value is -2.82.